The fourth-order valence-corrected chi connectivity index (χ4v) is 3.00. The van der Waals surface area contributed by atoms with Gasteiger partial charge >= 0.3 is 11.9 Å². The molecule has 1 unspecified atom stereocenters. The second kappa shape index (κ2) is 7.40. The van der Waals surface area contributed by atoms with Crippen molar-refractivity contribution in [1.82, 2.24) is 0 Å². The third kappa shape index (κ3) is 3.75. The normalized spacial score (nSPS) is 15.0. The van der Waals surface area contributed by atoms with Crippen LogP contribution < -0.4 is 4.74 Å². The largest absolute Gasteiger partial charge is 0.454 e. The lowest BCUT2D eigenvalue weighted by Crippen LogP contribution is -2.08. The van der Waals surface area contributed by atoms with E-state index in [1.54, 1.807) is 13.0 Å². The van der Waals surface area contributed by atoms with Crippen LogP contribution in [0.25, 0.3) is 11.1 Å². The van der Waals surface area contributed by atoms with Crippen LogP contribution in [0.1, 0.15) is 30.6 Å². The van der Waals surface area contributed by atoms with E-state index >= 15 is 0 Å². The Hall–Kier alpha value is -3.14. The zero-order valence-corrected chi connectivity index (χ0v) is 14.7. The molecule has 0 heterocycles. The summed E-state index contributed by atoms with van der Waals surface area (Å²) in [6.07, 6.45) is 2.59. The molecule has 26 heavy (non-hydrogen) atoms. The Morgan fingerprint density at radius 3 is 2.65 bits per heavy atom. The van der Waals surface area contributed by atoms with Gasteiger partial charge in [-0.05, 0) is 54.2 Å². The van der Waals surface area contributed by atoms with Gasteiger partial charge in [0.05, 0.1) is 0 Å². The molecule has 2 aromatic carbocycles. The molecule has 0 aliphatic heterocycles. The first-order valence-corrected chi connectivity index (χ1v) is 8.42. The lowest BCUT2D eigenvalue weighted by atomic mass is 10.00. The van der Waals surface area contributed by atoms with E-state index in [-0.39, 0.29) is 6.10 Å². The maximum absolute atomic E-state index is 11.7. The molecule has 0 amide bonds. The smallest absolute Gasteiger partial charge is 0.338 e. The Bertz CT molecular complexity index is 895. The molecule has 0 spiro atoms. The van der Waals surface area contributed by atoms with Gasteiger partial charge in [-0.1, -0.05) is 43.5 Å². The Balaban J connectivity index is 1.83. The van der Waals surface area contributed by atoms with Gasteiger partial charge in [0, 0.05) is 11.6 Å². The molecule has 0 fully saturated rings. The first kappa shape index (κ1) is 17.7. The van der Waals surface area contributed by atoms with Gasteiger partial charge in [0.25, 0.3) is 0 Å². The highest BCUT2D eigenvalue weighted by Crippen LogP contribution is 2.37. The van der Waals surface area contributed by atoms with Gasteiger partial charge in [-0.25, -0.2) is 9.59 Å². The van der Waals surface area contributed by atoms with E-state index in [2.05, 4.69) is 19.2 Å². The van der Waals surface area contributed by atoms with Crippen LogP contribution in [0.15, 0.2) is 67.3 Å². The number of esters is 2. The highest BCUT2D eigenvalue weighted by molar-refractivity contribution is 5.89. The maximum Gasteiger partial charge on any atom is 0.338 e. The van der Waals surface area contributed by atoms with Crippen molar-refractivity contribution in [2.45, 2.75) is 25.9 Å². The standard InChI is InChI=1S/C22H20O4/c1-4-21(23)26-20-11-9-17-12-16(8-10-19(17)20)15-6-5-7-18(13-15)25-22(24)14(2)3/h4-8,10,12-13,20H,1-2,9,11H2,3H3. The highest BCUT2D eigenvalue weighted by Gasteiger charge is 2.25. The SMILES string of the molecule is C=CC(=O)OC1CCc2cc(-c3cccc(OC(=O)C(=C)C)c3)ccc21. The molecular weight excluding hydrogens is 328 g/mol. The van der Waals surface area contributed by atoms with E-state index in [0.29, 0.717) is 11.3 Å². The predicted molar refractivity (Wildman–Crippen MR) is 99.7 cm³/mol. The van der Waals surface area contributed by atoms with Crippen LogP contribution in [0.2, 0.25) is 0 Å². The second-order valence-electron chi connectivity index (χ2n) is 6.28. The van der Waals surface area contributed by atoms with E-state index in [4.69, 9.17) is 9.47 Å². The summed E-state index contributed by atoms with van der Waals surface area (Å²) in [5.74, 6) is -0.365. The number of aryl methyl sites for hydroxylation is 1. The number of carbonyl (C=O) groups is 2. The van der Waals surface area contributed by atoms with Gasteiger partial charge in [0.1, 0.15) is 11.9 Å². The predicted octanol–water partition coefficient (Wildman–Crippen LogP) is 4.55. The van der Waals surface area contributed by atoms with E-state index in [0.717, 1.165) is 35.1 Å². The number of ether oxygens (including phenoxy) is 2. The number of hydrogen-bond acceptors (Lipinski definition) is 4. The molecule has 0 saturated carbocycles. The number of carbonyl (C=O) groups excluding carboxylic acids is 2. The minimum Gasteiger partial charge on any atom is -0.454 e. The topological polar surface area (TPSA) is 52.6 Å². The van der Waals surface area contributed by atoms with Crippen molar-refractivity contribution >= 4 is 11.9 Å². The van der Waals surface area contributed by atoms with Gasteiger partial charge in [-0.15, -0.1) is 0 Å². The molecule has 0 N–H and O–H groups in total. The maximum atomic E-state index is 11.7. The molecule has 0 bridgehead atoms. The van der Waals surface area contributed by atoms with Gasteiger partial charge in [0.15, 0.2) is 0 Å². The number of rotatable bonds is 5. The van der Waals surface area contributed by atoms with Crippen LogP contribution in [0.3, 0.4) is 0 Å². The van der Waals surface area contributed by atoms with Gasteiger partial charge in [0.2, 0.25) is 0 Å². The van der Waals surface area contributed by atoms with Crippen molar-refractivity contribution in [1.29, 1.82) is 0 Å². The van der Waals surface area contributed by atoms with Crippen molar-refractivity contribution in [3.63, 3.8) is 0 Å². The lowest BCUT2D eigenvalue weighted by Gasteiger charge is -2.13. The van der Waals surface area contributed by atoms with Crippen LogP contribution in [0.5, 0.6) is 5.75 Å². The Kier molecular flexibility index (Phi) is 5.03. The summed E-state index contributed by atoms with van der Waals surface area (Å²) in [6.45, 7) is 8.64. The van der Waals surface area contributed by atoms with E-state index in [9.17, 15) is 9.59 Å². The number of fused-ring (bicyclic) bond motifs is 1. The van der Waals surface area contributed by atoms with Crippen molar-refractivity contribution in [2.75, 3.05) is 0 Å². The summed E-state index contributed by atoms with van der Waals surface area (Å²) >= 11 is 0. The molecule has 3 rings (SSSR count). The fourth-order valence-electron chi connectivity index (χ4n) is 3.00. The summed E-state index contributed by atoms with van der Waals surface area (Å²) in [7, 11) is 0. The molecule has 2 aromatic rings. The summed E-state index contributed by atoms with van der Waals surface area (Å²) in [6, 6.07) is 13.4. The molecule has 1 aliphatic rings. The third-order valence-electron chi connectivity index (χ3n) is 4.32. The molecule has 4 heteroatoms. The monoisotopic (exact) mass is 348 g/mol. The highest BCUT2D eigenvalue weighted by atomic mass is 16.5. The summed E-state index contributed by atoms with van der Waals surface area (Å²) in [5, 5.41) is 0. The summed E-state index contributed by atoms with van der Waals surface area (Å²) in [4.78, 5) is 23.1. The van der Waals surface area contributed by atoms with E-state index in [1.807, 2.05) is 30.3 Å². The number of hydrogen-bond donors (Lipinski definition) is 0. The average Bonchev–Trinajstić information content (AvgIpc) is 3.03. The fraction of sp³-hybridized carbons (Fsp3) is 0.182. The second-order valence-corrected chi connectivity index (χ2v) is 6.28. The van der Waals surface area contributed by atoms with Crippen molar-refractivity contribution in [3.05, 3.63) is 78.4 Å². The third-order valence-corrected chi connectivity index (χ3v) is 4.32. The van der Waals surface area contributed by atoms with Crippen molar-refractivity contribution < 1.29 is 19.1 Å². The molecule has 0 aromatic heterocycles. The van der Waals surface area contributed by atoms with Crippen molar-refractivity contribution in [2.24, 2.45) is 0 Å². The first-order valence-electron chi connectivity index (χ1n) is 8.42. The van der Waals surface area contributed by atoms with Crippen LogP contribution in [0.4, 0.5) is 0 Å². The van der Waals surface area contributed by atoms with Crippen LogP contribution in [-0.4, -0.2) is 11.9 Å². The number of benzene rings is 2. The van der Waals surface area contributed by atoms with Gasteiger partial charge < -0.3 is 9.47 Å². The van der Waals surface area contributed by atoms with Crippen LogP contribution in [-0.2, 0) is 20.7 Å². The molecule has 4 nitrogen and oxygen atoms in total. The Morgan fingerprint density at radius 2 is 1.92 bits per heavy atom. The summed E-state index contributed by atoms with van der Waals surface area (Å²) in [5.41, 5.74) is 4.52. The molecule has 1 aliphatic carbocycles. The van der Waals surface area contributed by atoms with Crippen LogP contribution >= 0.6 is 0 Å². The quantitative estimate of drug-likeness (QED) is 0.452. The van der Waals surface area contributed by atoms with E-state index in [1.165, 1.54) is 6.08 Å². The Morgan fingerprint density at radius 1 is 1.15 bits per heavy atom. The van der Waals surface area contributed by atoms with Crippen LogP contribution in [0, 0.1) is 0 Å². The van der Waals surface area contributed by atoms with Gasteiger partial charge in [-0.2, -0.15) is 0 Å². The minimum atomic E-state index is -0.442. The molecule has 1 atom stereocenters. The lowest BCUT2D eigenvalue weighted by molar-refractivity contribution is -0.143. The first-order chi connectivity index (χ1) is 12.5. The zero-order valence-electron chi connectivity index (χ0n) is 14.7. The summed E-state index contributed by atoms with van der Waals surface area (Å²) < 4.78 is 10.7. The van der Waals surface area contributed by atoms with Gasteiger partial charge in [-0.3, -0.25) is 0 Å². The average molecular weight is 348 g/mol. The van der Waals surface area contributed by atoms with E-state index < -0.39 is 11.9 Å². The Labute approximate surface area is 152 Å². The van der Waals surface area contributed by atoms with Crippen molar-refractivity contribution in [3.8, 4) is 16.9 Å². The molecular formula is C22H20O4. The minimum absolute atomic E-state index is 0.215. The molecule has 132 valence electrons. The zero-order chi connectivity index (χ0) is 18.7. The molecule has 0 radical (unpaired) electrons. The molecule has 0 saturated heterocycles.